The molecule has 3 aromatic rings. The van der Waals surface area contributed by atoms with Crippen molar-refractivity contribution in [3.8, 4) is 18.2 Å². The second-order valence-corrected chi connectivity index (χ2v) is 6.92. The highest BCUT2D eigenvalue weighted by Gasteiger charge is 2.07. The van der Waals surface area contributed by atoms with Gasteiger partial charge < -0.3 is 15.4 Å². The van der Waals surface area contributed by atoms with E-state index in [-0.39, 0.29) is 6.61 Å². The minimum Gasteiger partial charge on any atom is -0.464 e. The number of hydrogen-bond acceptors (Lipinski definition) is 5. The summed E-state index contributed by atoms with van der Waals surface area (Å²) in [6, 6.07) is 18.5. The number of nitrogens with one attached hydrogen (secondary N) is 2. The molecule has 0 radical (unpaired) electrons. The van der Waals surface area contributed by atoms with E-state index >= 15 is 0 Å². The van der Waals surface area contributed by atoms with Gasteiger partial charge in [-0.3, -0.25) is 0 Å². The first kappa shape index (κ1) is 19.7. The van der Waals surface area contributed by atoms with Gasteiger partial charge in [-0.15, -0.1) is 6.42 Å². The first-order chi connectivity index (χ1) is 13.7. The average molecular weight is 437 g/mol. The first-order valence-corrected chi connectivity index (χ1v) is 9.77. The number of benzene rings is 2. The standard InChI is InChI=1S/C22H21BrN4O/c1-2-14-28-21-20(23)16-25-22(27-21)26-19-12-6-11-18(15-19)24-13-7-10-17-8-4-3-5-9-17/h1,3-6,8-9,11-12,15-16,24H,7,10,13-14H2,(H,25,26,27). The number of rotatable bonds is 9. The van der Waals surface area contributed by atoms with Crippen molar-refractivity contribution in [2.24, 2.45) is 0 Å². The number of aryl methyl sites for hydroxylation is 1. The van der Waals surface area contributed by atoms with E-state index in [9.17, 15) is 0 Å². The van der Waals surface area contributed by atoms with E-state index in [0.29, 0.717) is 16.3 Å². The Bertz CT molecular complexity index is 941. The summed E-state index contributed by atoms with van der Waals surface area (Å²) >= 11 is 3.35. The van der Waals surface area contributed by atoms with Crippen LogP contribution >= 0.6 is 15.9 Å². The lowest BCUT2D eigenvalue weighted by atomic mass is 10.1. The molecule has 1 heterocycles. The fourth-order valence-electron chi connectivity index (χ4n) is 2.63. The molecule has 0 spiro atoms. The van der Waals surface area contributed by atoms with Crippen molar-refractivity contribution in [2.75, 3.05) is 23.8 Å². The fourth-order valence-corrected chi connectivity index (χ4v) is 2.93. The Morgan fingerprint density at radius 2 is 1.89 bits per heavy atom. The highest BCUT2D eigenvalue weighted by molar-refractivity contribution is 9.10. The lowest BCUT2D eigenvalue weighted by Crippen LogP contribution is -2.04. The molecule has 0 fully saturated rings. The molecular weight excluding hydrogens is 416 g/mol. The SMILES string of the molecule is C#CCOc1nc(Nc2cccc(NCCCc3ccccc3)c2)ncc1Br. The second-order valence-electron chi connectivity index (χ2n) is 6.06. The van der Waals surface area contributed by atoms with E-state index in [1.807, 2.05) is 30.3 Å². The summed E-state index contributed by atoms with van der Waals surface area (Å²) in [4.78, 5) is 8.60. The molecule has 2 aromatic carbocycles. The van der Waals surface area contributed by atoms with Crippen molar-refractivity contribution in [1.29, 1.82) is 0 Å². The first-order valence-electron chi connectivity index (χ1n) is 8.98. The van der Waals surface area contributed by atoms with Crippen LogP contribution in [0.15, 0.2) is 65.3 Å². The normalized spacial score (nSPS) is 10.1. The molecule has 0 unspecified atom stereocenters. The highest BCUT2D eigenvalue weighted by Crippen LogP contribution is 2.24. The van der Waals surface area contributed by atoms with Crippen LogP contribution in [-0.2, 0) is 6.42 Å². The van der Waals surface area contributed by atoms with E-state index in [4.69, 9.17) is 11.2 Å². The third kappa shape index (κ3) is 6.00. The van der Waals surface area contributed by atoms with Gasteiger partial charge >= 0.3 is 0 Å². The van der Waals surface area contributed by atoms with Crippen LogP contribution in [0.3, 0.4) is 0 Å². The molecule has 0 bridgehead atoms. The van der Waals surface area contributed by atoms with Crippen molar-refractivity contribution in [3.05, 3.63) is 70.8 Å². The van der Waals surface area contributed by atoms with Crippen molar-refractivity contribution < 1.29 is 4.74 Å². The quantitative estimate of drug-likeness (QED) is 0.363. The zero-order valence-electron chi connectivity index (χ0n) is 15.4. The Morgan fingerprint density at radius 1 is 1.07 bits per heavy atom. The van der Waals surface area contributed by atoms with Gasteiger partial charge in [0.05, 0.1) is 10.7 Å². The molecule has 0 aliphatic carbocycles. The van der Waals surface area contributed by atoms with Crippen molar-refractivity contribution >= 4 is 33.3 Å². The zero-order valence-corrected chi connectivity index (χ0v) is 16.9. The van der Waals surface area contributed by atoms with Gasteiger partial charge in [0.2, 0.25) is 11.8 Å². The topological polar surface area (TPSA) is 59.1 Å². The van der Waals surface area contributed by atoms with Crippen LogP contribution < -0.4 is 15.4 Å². The lowest BCUT2D eigenvalue weighted by molar-refractivity contribution is 0.353. The predicted octanol–water partition coefficient (Wildman–Crippen LogP) is 5.04. The van der Waals surface area contributed by atoms with Gasteiger partial charge in [-0.25, -0.2) is 4.98 Å². The molecular formula is C22H21BrN4O. The molecule has 0 aliphatic heterocycles. The molecule has 28 heavy (non-hydrogen) atoms. The molecule has 0 aliphatic rings. The van der Waals surface area contributed by atoms with E-state index < -0.39 is 0 Å². The molecule has 5 nitrogen and oxygen atoms in total. The summed E-state index contributed by atoms with van der Waals surface area (Å²) in [5.41, 5.74) is 3.28. The van der Waals surface area contributed by atoms with Gasteiger partial charge in [0.15, 0.2) is 6.61 Å². The van der Waals surface area contributed by atoms with Crippen LogP contribution in [-0.4, -0.2) is 23.1 Å². The predicted molar refractivity (Wildman–Crippen MR) is 117 cm³/mol. The Labute approximate surface area is 173 Å². The smallest absolute Gasteiger partial charge is 0.233 e. The van der Waals surface area contributed by atoms with Crippen LogP contribution in [0.5, 0.6) is 5.88 Å². The highest BCUT2D eigenvalue weighted by atomic mass is 79.9. The third-order valence-electron chi connectivity index (χ3n) is 3.94. The molecule has 0 saturated heterocycles. The largest absolute Gasteiger partial charge is 0.464 e. The molecule has 6 heteroatoms. The molecule has 0 atom stereocenters. The molecule has 0 amide bonds. The molecule has 1 aromatic heterocycles. The number of hydrogen-bond donors (Lipinski definition) is 2. The summed E-state index contributed by atoms with van der Waals surface area (Å²) in [6.07, 6.45) is 8.98. The summed E-state index contributed by atoms with van der Waals surface area (Å²) in [6.45, 7) is 1.05. The Morgan fingerprint density at radius 3 is 2.71 bits per heavy atom. The van der Waals surface area contributed by atoms with E-state index in [0.717, 1.165) is 30.8 Å². The summed E-state index contributed by atoms with van der Waals surface area (Å²) < 4.78 is 6.06. The van der Waals surface area contributed by atoms with Gasteiger partial charge in [-0.2, -0.15) is 4.98 Å². The number of halogens is 1. The number of ether oxygens (including phenoxy) is 1. The zero-order chi connectivity index (χ0) is 19.6. The van der Waals surface area contributed by atoms with Gasteiger partial charge in [0.1, 0.15) is 0 Å². The van der Waals surface area contributed by atoms with E-state index in [1.54, 1.807) is 6.20 Å². The molecule has 0 saturated carbocycles. The fraction of sp³-hybridized carbons (Fsp3) is 0.182. The van der Waals surface area contributed by atoms with Gasteiger partial charge in [0, 0.05) is 17.9 Å². The van der Waals surface area contributed by atoms with Crippen molar-refractivity contribution in [3.63, 3.8) is 0 Å². The average Bonchev–Trinajstić information content (AvgIpc) is 2.73. The van der Waals surface area contributed by atoms with Crippen molar-refractivity contribution in [1.82, 2.24) is 9.97 Å². The van der Waals surface area contributed by atoms with Crippen LogP contribution in [0.4, 0.5) is 17.3 Å². The minimum atomic E-state index is 0.150. The maximum Gasteiger partial charge on any atom is 0.233 e. The van der Waals surface area contributed by atoms with Gasteiger partial charge in [-0.1, -0.05) is 42.3 Å². The Hall–Kier alpha value is -3.04. The number of nitrogens with zero attached hydrogens (tertiary/aromatic N) is 2. The number of anilines is 3. The number of aromatic nitrogens is 2. The van der Waals surface area contributed by atoms with E-state index in [2.05, 4.69) is 66.7 Å². The van der Waals surface area contributed by atoms with E-state index in [1.165, 1.54) is 5.56 Å². The molecule has 3 rings (SSSR count). The summed E-state index contributed by atoms with van der Waals surface area (Å²) in [5, 5.41) is 6.64. The van der Waals surface area contributed by atoms with Crippen LogP contribution in [0.25, 0.3) is 0 Å². The summed E-state index contributed by atoms with van der Waals surface area (Å²) in [7, 11) is 0. The maximum absolute atomic E-state index is 5.40. The summed E-state index contributed by atoms with van der Waals surface area (Å²) in [5.74, 6) is 3.27. The van der Waals surface area contributed by atoms with Crippen LogP contribution in [0, 0.1) is 12.3 Å². The Balaban J connectivity index is 1.55. The second kappa shape index (κ2) is 10.3. The van der Waals surface area contributed by atoms with Crippen molar-refractivity contribution in [2.45, 2.75) is 12.8 Å². The van der Waals surface area contributed by atoms with Crippen LogP contribution in [0.2, 0.25) is 0 Å². The van der Waals surface area contributed by atoms with Gasteiger partial charge in [0.25, 0.3) is 0 Å². The Kier molecular flexibility index (Phi) is 7.28. The third-order valence-corrected chi connectivity index (χ3v) is 4.48. The van der Waals surface area contributed by atoms with Gasteiger partial charge in [-0.05, 0) is 52.5 Å². The maximum atomic E-state index is 5.40. The monoisotopic (exact) mass is 436 g/mol. The van der Waals surface area contributed by atoms with Crippen LogP contribution in [0.1, 0.15) is 12.0 Å². The minimum absolute atomic E-state index is 0.150. The lowest BCUT2D eigenvalue weighted by Gasteiger charge is -2.11. The molecule has 2 N–H and O–H groups in total. The molecule has 142 valence electrons. The number of terminal acetylenes is 1.